The van der Waals surface area contributed by atoms with E-state index in [0.29, 0.717) is 11.6 Å². The summed E-state index contributed by atoms with van der Waals surface area (Å²) in [6.45, 7) is 21.7. The molecule has 214 valence electrons. The molecule has 4 heterocycles. The zero-order valence-corrected chi connectivity index (χ0v) is 24.6. The molecule has 9 nitrogen and oxygen atoms in total. The van der Waals surface area contributed by atoms with E-state index in [-0.39, 0.29) is 42.9 Å². The van der Waals surface area contributed by atoms with Crippen molar-refractivity contribution < 1.29 is 23.4 Å². The van der Waals surface area contributed by atoms with Crippen molar-refractivity contribution in [2.24, 2.45) is 5.41 Å². The number of nitrogens with two attached hydrogens (primary N) is 1. The van der Waals surface area contributed by atoms with Crippen molar-refractivity contribution in [2.45, 2.75) is 106 Å². The second kappa shape index (κ2) is 11.2. The molecular weight excluding hydrogens is 494 g/mol. The number of anilines is 2. The summed E-state index contributed by atoms with van der Waals surface area (Å²) in [7, 11) is -0.803. The molecule has 1 amide bonds. The third-order valence-electron chi connectivity index (χ3n) is 7.57. The van der Waals surface area contributed by atoms with E-state index in [9.17, 15) is 4.79 Å². The second-order valence-electron chi connectivity index (χ2n) is 12.9. The van der Waals surface area contributed by atoms with E-state index in [1.165, 1.54) is 0 Å². The normalized spacial score (nSPS) is 20.5. The van der Waals surface area contributed by atoms with E-state index in [1.54, 1.807) is 24.5 Å². The fourth-order valence-corrected chi connectivity index (χ4v) is 3.44. The lowest BCUT2D eigenvalue weighted by Crippen LogP contribution is -2.41. The zero-order chi connectivity index (χ0) is 28.7. The van der Waals surface area contributed by atoms with Crippen LogP contribution in [0.2, 0.25) is 0 Å². The third kappa shape index (κ3) is 7.39. The Morgan fingerprint density at radius 1 is 0.744 bits per heavy atom. The van der Waals surface area contributed by atoms with Crippen LogP contribution in [0.4, 0.5) is 11.6 Å². The summed E-state index contributed by atoms with van der Waals surface area (Å²) >= 11 is 0. The number of amides is 1. The van der Waals surface area contributed by atoms with Gasteiger partial charge in [0, 0.05) is 28.7 Å². The first-order valence-corrected chi connectivity index (χ1v) is 12.9. The Labute approximate surface area is 235 Å². The van der Waals surface area contributed by atoms with Gasteiger partial charge in [0.2, 0.25) is 5.91 Å². The second-order valence-corrected chi connectivity index (χ2v) is 12.9. The van der Waals surface area contributed by atoms with Gasteiger partial charge in [0.15, 0.2) is 0 Å². The number of hydrogen-bond acceptors (Lipinski definition) is 8. The minimum Gasteiger partial charge on any atom is -0.399 e. The van der Waals surface area contributed by atoms with Gasteiger partial charge < -0.3 is 29.7 Å². The van der Waals surface area contributed by atoms with Crippen molar-refractivity contribution >= 4 is 42.7 Å². The van der Waals surface area contributed by atoms with Crippen LogP contribution in [-0.2, 0) is 23.4 Å². The summed E-state index contributed by atoms with van der Waals surface area (Å²) in [5.74, 6) is 0.962. The largest absolute Gasteiger partial charge is 0.496 e. The smallest absolute Gasteiger partial charge is 0.399 e. The van der Waals surface area contributed by atoms with Gasteiger partial charge in [0.25, 0.3) is 0 Å². The minimum absolute atomic E-state index is 0. The van der Waals surface area contributed by atoms with E-state index in [0.717, 1.165) is 10.9 Å². The highest BCUT2D eigenvalue weighted by Gasteiger charge is 2.52. The predicted molar refractivity (Wildman–Crippen MR) is 159 cm³/mol. The van der Waals surface area contributed by atoms with E-state index in [4.69, 9.17) is 24.4 Å². The first-order chi connectivity index (χ1) is 17.2. The van der Waals surface area contributed by atoms with Gasteiger partial charge in [-0.1, -0.05) is 40.3 Å². The molecule has 0 aliphatic carbocycles. The lowest BCUT2D eigenvalue weighted by atomic mass is 9.80. The number of nitrogens with one attached hydrogen (secondary N) is 1. The van der Waals surface area contributed by atoms with Gasteiger partial charge in [-0.2, -0.15) is 0 Å². The summed E-state index contributed by atoms with van der Waals surface area (Å²) in [4.78, 5) is 20.3. The van der Waals surface area contributed by atoms with Crippen molar-refractivity contribution in [2.75, 3.05) is 11.1 Å². The Morgan fingerprint density at radius 2 is 1.13 bits per heavy atom. The average Bonchev–Trinajstić information content (AvgIpc) is 3.14. The summed E-state index contributed by atoms with van der Waals surface area (Å²) < 4.78 is 23.7. The van der Waals surface area contributed by atoms with Crippen LogP contribution >= 0.6 is 0 Å². The highest BCUT2D eigenvalue weighted by molar-refractivity contribution is 6.62. The van der Waals surface area contributed by atoms with Gasteiger partial charge in [-0.05, 0) is 67.5 Å². The molecule has 0 atom stereocenters. The molecule has 0 radical (unpaired) electrons. The molecule has 2 aromatic rings. The zero-order valence-electron chi connectivity index (χ0n) is 24.6. The van der Waals surface area contributed by atoms with Gasteiger partial charge in [-0.25, -0.2) is 9.97 Å². The molecule has 2 aliphatic heterocycles. The van der Waals surface area contributed by atoms with Crippen LogP contribution in [0.25, 0.3) is 0 Å². The third-order valence-corrected chi connectivity index (χ3v) is 7.57. The Hall–Kier alpha value is -2.46. The van der Waals surface area contributed by atoms with Crippen LogP contribution in [-0.4, -0.2) is 52.5 Å². The quantitative estimate of drug-likeness (QED) is 0.562. The number of hydrogen-bond donors (Lipinski definition) is 2. The fraction of sp³-hybridized carbons (Fsp3) is 0.607. The number of nitrogens with zero attached hydrogens (tertiary/aromatic N) is 2. The van der Waals surface area contributed by atoms with E-state index in [1.807, 2.05) is 88.3 Å². The number of carbonyl (C=O) groups excluding carboxylic acids is 1. The number of aromatic nitrogens is 2. The molecule has 4 rings (SSSR count). The van der Waals surface area contributed by atoms with Gasteiger partial charge in [-0.3, -0.25) is 4.79 Å². The van der Waals surface area contributed by atoms with Crippen molar-refractivity contribution in [1.82, 2.24) is 9.97 Å². The molecule has 3 N–H and O–H groups in total. The van der Waals surface area contributed by atoms with Crippen LogP contribution in [0.1, 0.15) is 83.6 Å². The first kappa shape index (κ1) is 32.8. The van der Waals surface area contributed by atoms with E-state index < -0.39 is 12.5 Å². The Bertz CT molecular complexity index is 1100. The first-order valence-electron chi connectivity index (χ1n) is 12.9. The minimum atomic E-state index is -0.452. The van der Waals surface area contributed by atoms with Crippen LogP contribution in [0.15, 0.2) is 36.7 Å². The van der Waals surface area contributed by atoms with Crippen LogP contribution in [0.3, 0.4) is 0 Å². The Morgan fingerprint density at radius 3 is 1.44 bits per heavy atom. The lowest BCUT2D eigenvalue weighted by molar-refractivity contribution is -0.123. The number of rotatable bonds is 3. The van der Waals surface area contributed by atoms with Gasteiger partial charge >= 0.3 is 14.2 Å². The Balaban J connectivity index is 0.000000279. The molecule has 39 heavy (non-hydrogen) atoms. The lowest BCUT2D eigenvalue weighted by Gasteiger charge is -2.32. The summed E-state index contributed by atoms with van der Waals surface area (Å²) in [5.41, 5.74) is 5.43. The molecule has 0 unspecified atom stereocenters. The standard InChI is InChI=1S/C16H25BN2O3.C11H17BN2O2.CH4/c1-14(2,3)13(20)19-12-9-8-11(10-18-12)17-21-15(4,5)16(6,7)22-17;1-10(2)11(3,4)16-12(15-10)8-5-6-9(13)14-7-8;/h8-10H,1-7H3,(H,18,19,20);5-7H,1-4H3,(H2,13,14);1H4. The number of carbonyl (C=O) groups is 1. The van der Waals surface area contributed by atoms with Crippen LogP contribution < -0.4 is 22.0 Å². The molecule has 2 saturated heterocycles. The van der Waals surface area contributed by atoms with Crippen molar-refractivity contribution in [3.8, 4) is 0 Å². The van der Waals surface area contributed by atoms with Crippen LogP contribution in [0.5, 0.6) is 0 Å². The number of nitrogen functional groups attached to an aromatic ring is 1. The van der Waals surface area contributed by atoms with Gasteiger partial charge in [-0.15, -0.1) is 0 Å². The molecule has 2 aromatic heterocycles. The molecule has 0 bridgehead atoms. The van der Waals surface area contributed by atoms with Crippen molar-refractivity contribution in [1.29, 1.82) is 0 Å². The number of pyridine rings is 2. The topological polar surface area (TPSA) is 118 Å². The summed E-state index contributed by atoms with van der Waals surface area (Å²) in [6.07, 6.45) is 3.37. The monoisotopic (exact) mass is 540 g/mol. The maximum absolute atomic E-state index is 11.9. The highest BCUT2D eigenvalue weighted by atomic mass is 16.7. The molecule has 2 aliphatic rings. The Kier molecular flexibility index (Phi) is 9.40. The van der Waals surface area contributed by atoms with Crippen molar-refractivity contribution in [3.05, 3.63) is 36.7 Å². The fourth-order valence-electron chi connectivity index (χ4n) is 3.44. The average molecular weight is 540 g/mol. The summed E-state index contributed by atoms with van der Waals surface area (Å²) in [6, 6.07) is 7.27. The molecule has 11 heteroatoms. The van der Waals surface area contributed by atoms with Gasteiger partial charge in [0.05, 0.1) is 22.4 Å². The highest BCUT2D eigenvalue weighted by Crippen LogP contribution is 2.37. The van der Waals surface area contributed by atoms with Gasteiger partial charge in [0.1, 0.15) is 11.6 Å². The molecule has 0 saturated carbocycles. The molecular formula is C28H46B2N4O5. The van der Waals surface area contributed by atoms with Crippen LogP contribution in [0, 0.1) is 5.41 Å². The SMILES string of the molecule is C.CC(C)(C)C(=O)Nc1ccc(B2OC(C)(C)C(C)(C)O2)cn1.CC1(C)OB(c2ccc(N)nc2)OC1(C)C. The molecule has 0 spiro atoms. The summed E-state index contributed by atoms with van der Waals surface area (Å²) in [5, 5.41) is 2.80. The maximum Gasteiger partial charge on any atom is 0.496 e. The van der Waals surface area contributed by atoms with Crippen molar-refractivity contribution in [3.63, 3.8) is 0 Å². The predicted octanol–water partition coefficient (Wildman–Crippen LogP) is 3.96. The molecule has 0 aromatic carbocycles. The van der Waals surface area contributed by atoms with E-state index in [2.05, 4.69) is 15.3 Å². The van der Waals surface area contributed by atoms with E-state index >= 15 is 0 Å². The molecule has 2 fully saturated rings. The maximum atomic E-state index is 11.9.